The zero-order chi connectivity index (χ0) is 13.0. The van der Waals surface area contributed by atoms with Crippen LogP contribution in [0, 0.1) is 0 Å². The van der Waals surface area contributed by atoms with Gasteiger partial charge in [0.1, 0.15) is 0 Å². The van der Waals surface area contributed by atoms with Gasteiger partial charge in [0, 0.05) is 12.1 Å². The number of carbonyl (C=O) groups excluding carboxylic acids is 1. The van der Waals surface area contributed by atoms with E-state index >= 15 is 0 Å². The molecular formula is C13H17NO3. The number of hydrogen-bond acceptors (Lipinski definition) is 3. The molecule has 0 heterocycles. The smallest absolute Gasteiger partial charge is 0.246 e. The Hall–Kier alpha value is -1.97. The van der Waals surface area contributed by atoms with Gasteiger partial charge >= 0.3 is 0 Å². The quantitative estimate of drug-likeness (QED) is 0.551. The highest BCUT2D eigenvalue weighted by Crippen LogP contribution is 2.28. The van der Waals surface area contributed by atoms with E-state index in [0.29, 0.717) is 12.1 Å². The Kier molecular flexibility index (Phi) is 4.15. The molecule has 1 unspecified atom stereocenters. The van der Waals surface area contributed by atoms with Crippen LogP contribution in [0.25, 0.3) is 0 Å². The second kappa shape index (κ2) is 5.39. The van der Waals surface area contributed by atoms with Gasteiger partial charge in [0.15, 0.2) is 11.5 Å². The Bertz CT molecular complexity index is 440. The fourth-order valence-electron chi connectivity index (χ4n) is 1.36. The Labute approximate surface area is 101 Å². The summed E-state index contributed by atoms with van der Waals surface area (Å²) in [6.07, 6.45) is 0. The van der Waals surface area contributed by atoms with Crippen molar-refractivity contribution >= 4 is 5.91 Å². The standard InChI is InChI=1S/C13H17NO3/c1-8(2)13(17)14-7-9(3)10-4-5-11(15)12(16)6-10/h4-6,9,15-16H,1,7H2,2-3H3,(H,14,17). The summed E-state index contributed by atoms with van der Waals surface area (Å²) in [5.41, 5.74) is 1.31. The van der Waals surface area contributed by atoms with Crippen molar-refractivity contribution in [3.8, 4) is 11.5 Å². The molecule has 1 aromatic rings. The molecule has 92 valence electrons. The van der Waals surface area contributed by atoms with Crippen molar-refractivity contribution in [2.75, 3.05) is 6.54 Å². The lowest BCUT2D eigenvalue weighted by molar-refractivity contribution is -0.117. The van der Waals surface area contributed by atoms with Gasteiger partial charge in [-0.25, -0.2) is 0 Å². The second-order valence-electron chi connectivity index (χ2n) is 4.14. The Balaban J connectivity index is 2.64. The minimum Gasteiger partial charge on any atom is -0.504 e. The minimum absolute atomic E-state index is 0.0461. The molecule has 3 N–H and O–H groups in total. The van der Waals surface area contributed by atoms with Gasteiger partial charge in [-0.1, -0.05) is 19.6 Å². The lowest BCUT2D eigenvalue weighted by atomic mass is 10.0. The van der Waals surface area contributed by atoms with E-state index in [4.69, 9.17) is 0 Å². The molecule has 17 heavy (non-hydrogen) atoms. The maximum absolute atomic E-state index is 11.3. The highest BCUT2D eigenvalue weighted by molar-refractivity contribution is 5.92. The van der Waals surface area contributed by atoms with Crippen LogP contribution < -0.4 is 5.32 Å². The number of amides is 1. The topological polar surface area (TPSA) is 69.6 Å². The lowest BCUT2D eigenvalue weighted by Crippen LogP contribution is -2.27. The maximum Gasteiger partial charge on any atom is 0.246 e. The third-order valence-electron chi connectivity index (χ3n) is 2.52. The molecule has 1 aromatic carbocycles. The third-order valence-corrected chi connectivity index (χ3v) is 2.52. The molecule has 0 aromatic heterocycles. The Morgan fingerprint density at radius 1 is 1.41 bits per heavy atom. The van der Waals surface area contributed by atoms with Crippen LogP contribution in [-0.4, -0.2) is 22.7 Å². The summed E-state index contributed by atoms with van der Waals surface area (Å²) in [6.45, 7) is 7.57. The molecule has 0 bridgehead atoms. The van der Waals surface area contributed by atoms with E-state index in [9.17, 15) is 15.0 Å². The number of carbonyl (C=O) groups is 1. The molecule has 0 saturated heterocycles. The van der Waals surface area contributed by atoms with Crippen LogP contribution in [0.1, 0.15) is 25.3 Å². The SMILES string of the molecule is C=C(C)C(=O)NCC(C)c1ccc(O)c(O)c1. The number of nitrogens with one attached hydrogen (secondary N) is 1. The van der Waals surface area contributed by atoms with Crippen molar-refractivity contribution in [1.29, 1.82) is 0 Å². The number of phenols is 2. The largest absolute Gasteiger partial charge is 0.504 e. The van der Waals surface area contributed by atoms with Crippen LogP contribution >= 0.6 is 0 Å². The van der Waals surface area contributed by atoms with E-state index in [0.717, 1.165) is 5.56 Å². The molecule has 0 saturated carbocycles. The zero-order valence-electron chi connectivity index (χ0n) is 10.0. The monoisotopic (exact) mass is 235 g/mol. The maximum atomic E-state index is 11.3. The number of rotatable bonds is 4. The van der Waals surface area contributed by atoms with Crippen molar-refractivity contribution in [1.82, 2.24) is 5.32 Å². The normalized spacial score (nSPS) is 11.9. The summed E-state index contributed by atoms with van der Waals surface area (Å²) in [5, 5.41) is 21.3. The number of hydrogen-bond donors (Lipinski definition) is 3. The Morgan fingerprint density at radius 3 is 2.59 bits per heavy atom. The van der Waals surface area contributed by atoms with Gasteiger partial charge in [-0.15, -0.1) is 0 Å². The number of benzene rings is 1. The van der Waals surface area contributed by atoms with Gasteiger partial charge in [-0.05, 0) is 30.5 Å². The molecule has 0 aliphatic heterocycles. The van der Waals surface area contributed by atoms with Gasteiger partial charge < -0.3 is 15.5 Å². The lowest BCUT2D eigenvalue weighted by Gasteiger charge is -2.13. The van der Waals surface area contributed by atoms with E-state index in [-0.39, 0.29) is 23.3 Å². The first kappa shape index (κ1) is 13.1. The van der Waals surface area contributed by atoms with Crippen LogP contribution in [0.2, 0.25) is 0 Å². The number of aromatic hydroxyl groups is 2. The minimum atomic E-state index is -0.181. The highest BCUT2D eigenvalue weighted by atomic mass is 16.3. The molecule has 1 atom stereocenters. The summed E-state index contributed by atoms with van der Waals surface area (Å²) >= 11 is 0. The van der Waals surface area contributed by atoms with E-state index in [1.54, 1.807) is 13.0 Å². The molecule has 1 rings (SSSR count). The van der Waals surface area contributed by atoms with E-state index in [1.165, 1.54) is 12.1 Å². The molecule has 0 aliphatic carbocycles. The first-order valence-electron chi connectivity index (χ1n) is 5.37. The van der Waals surface area contributed by atoms with Crippen LogP contribution in [0.4, 0.5) is 0 Å². The molecule has 0 radical (unpaired) electrons. The third kappa shape index (κ3) is 3.52. The summed E-state index contributed by atoms with van der Waals surface area (Å²) in [4.78, 5) is 11.3. The van der Waals surface area contributed by atoms with Crippen molar-refractivity contribution in [3.05, 3.63) is 35.9 Å². The van der Waals surface area contributed by atoms with Crippen molar-refractivity contribution in [2.24, 2.45) is 0 Å². The van der Waals surface area contributed by atoms with E-state index in [2.05, 4.69) is 11.9 Å². The average molecular weight is 235 g/mol. The fourth-order valence-corrected chi connectivity index (χ4v) is 1.36. The van der Waals surface area contributed by atoms with E-state index < -0.39 is 0 Å². The predicted molar refractivity (Wildman–Crippen MR) is 66.0 cm³/mol. The van der Waals surface area contributed by atoms with Gasteiger partial charge in [0.25, 0.3) is 0 Å². The molecule has 4 heteroatoms. The highest BCUT2D eigenvalue weighted by Gasteiger charge is 2.10. The van der Waals surface area contributed by atoms with Crippen molar-refractivity contribution < 1.29 is 15.0 Å². The molecule has 1 amide bonds. The van der Waals surface area contributed by atoms with Gasteiger partial charge in [0.2, 0.25) is 5.91 Å². The van der Waals surface area contributed by atoms with Gasteiger partial charge in [-0.3, -0.25) is 4.79 Å². The first-order chi connectivity index (χ1) is 7.91. The summed E-state index contributed by atoms with van der Waals surface area (Å²) in [6, 6.07) is 4.64. The van der Waals surface area contributed by atoms with E-state index in [1.807, 2.05) is 6.92 Å². The summed E-state index contributed by atoms with van der Waals surface area (Å²) in [5.74, 6) is -0.433. The summed E-state index contributed by atoms with van der Waals surface area (Å²) in [7, 11) is 0. The molecular weight excluding hydrogens is 218 g/mol. The Morgan fingerprint density at radius 2 is 2.06 bits per heavy atom. The van der Waals surface area contributed by atoms with Crippen LogP contribution in [0.15, 0.2) is 30.4 Å². The van der Waals surface area contributed by atoms with Crippen LogP contribution in [0.3, 0.4) is 0 Å². The molecule has 0 aliphatic rings. The predicted octanol–water partition coefficient (Wildman–Crippen LogP) is 1.89. The molecule has 4 nitrogen and oxygen atoms in total. The van der Waals surface area contributed by atoms with Crippen LogP contribution in [0.5, 0.6) is 11.5 Å². The second-order valence-corrected chi connectivity index (χ2v) is 4.14. The number of phenolic OH excluding ortho intramolecular Hbond substituents is 2. The fraction of sp³-hybridized carbons (Fsp3) is 0.308. The summed E-state index contributed by atoms with van der Waals surface area (Å²) < 4.78 is 0. The molecule has 0 fully saturated rings. The first-order valence-corrected chi connectivity index (χ1v) is 5.37. The van der Waals surface area contributed by atoms with Crippen molar-refractivity contribution in [2.45, 2.75) is 19.8 Å². The average Bonchev–Trinajstić information content (AvgIpc) is 2.28. The van der Waals surface area contributed by atoms with Gasteiger partial charge in [-0.2, -0.15) is 0 Å². The zero-order valence-corrected chi connectivity index (χ0v) is 10.0. The molecule has 0 spiro atoms. The van der Waals surface area contributed by atoms with Gasteiger partial charge in [0.05, 0.1) is 0 Å². The van der Waals surface area contributed by atoms with Crippen molar-refractivity contribution in [3.63, 3.8) is 0 Å². The van der Waals surface area contributed by atoms with Crippen LogP contribution in [-0.2, 0) is 4.79 Å².